The Morgan fingerprint density at radius 1 is 1.32 bits per heavy atom. The van der Waals surface area contributed by atoms with Crippen LogP contribution in [0.15, 0.2) is 18.2 Å². The van der Waals surface area contributed by atoms with Gasteiger partial charge in [-0.05, 0) is 19.1 Å². The number of amides is 1. The Morgan fingerprint density at radius 3 is 2.55 bits per heavy atom. The van der Waals surface area contributed by atoms with Gasteiger partial charge in [-0.2, -0.15) is 0 Å². The Morgan fingerprint density at radius 2 is 2.00 bits per heavy atom. The van der Waals surface area contributed by atoms with Crippen molar-refractivity contribution in [1.82, 2.24) is 0 Å². The van der Waals surface area contributed by atoms with Gasteiger partial charge in [0.1, 0.15) is 5.56 Å². The Bertz CT molecular complexity index is 612. The third kappa shape index (κ3) is 4.85. The van der Waals surface area contributed by atoms with E-state index in [-0.39, 0.29) is 30.7 Å². The second-order valence-corrected chi connectivity index (χ2v) is 4.15. The fraction of sp³-hybridized carbons (Fsp3) is 0.308. The molecule has 0 atom stereocenters. The van der Waals surface area contributed by atoms with Crippen LogP contribution in [0.3, 0.4) is 0 Å². The molecule has 9 heteroatoms. The van der Waals surface area contributed by atoms with E-state index < -0.39 is 28.5 Å². The summed E-state index contributed by atoms with van der Waals surface area (Å²) in [5, 5.41) is 21.8. The average molecular weight is 310 g/mol. The maximum absolute atomic E-state index is 11.6. The van der Waals surface area contributed by atoms with Gasteiger partial charge in [-0.3, -0.25) is 19.7 Å². The van der Waals surface area contributed by atoms with Gasteiger partial charge in [-0.25, -0.2) is 4.79 Å². The summed E-state index contributed by atoms with van der Waals surface area (Å²) in [4.78, 5) is 43.7. The largest absolute Gasteiger partial charge is 0.481 e. The van der Waals surface area contributed by atoms with Gasteiger partial charge in [0.05, 0.1) is 18.0 Å². The highest BCUT2D eigenvalue weighted by molar-refractivity contribution is 5.97. The molecular weight excluding hydrogens is 296 g/mol. The number of hydrogen-bond donors (Lipinski definition) is 2. The predicted molar refractivity (Wildman–Crippen MR) is 74.6 cm³/mol. The van der Waals surface area contributed by atoms with Crippen molar-refractivity contribution in [2.45, 2.75) is 19.8 Å². The number of esters is 1. The van der Waals surface area contributed by atoms with Crippen LogP contribution in [0.5, 0.6) is 0 Å². The molecule has 0 bridgehead atoms. The van der Waals surface area contributed by atoms with Crippen LogP contribution in [0.25, 0.3) is 0 Å². The van der Waals surface area contributed by atoms with E-state index in [1.807, 2.05) is 0 Å². The number of carbonyl (C=O) groups is 3. The highest BCUT2D eigenvalue weighted by atomic mass is 16.6. The first-order chi connectivity index (χ1) is 10.3. The minimum absolute atomic E-state index is 0.0731. The first-order valence-electron chi connectivity index (χ1n) is 6.32. The highest BCUT2D eigenvalue weighted by Gasteiger charge is 2.22. The lowest BCUT2D eigenvalue weighted by atomic mass is 10.1. The van der Waals surface area contributed by atoms with E-state index in [9.17, 15) is 24.5 Å². The molecule has 118 valence electrons. The number of carboxylic acid groups (broad SMARTS) is 1. The van der Waals surface area contributed by atoms with Gasteiger partial charge in [0.15, 0.2) is 0 Å². The van der Waals surface area contributed by atoms with Crippen molar-refractivity contribution in [1.29, 1.82) is 0 Å². The molecule has 0 aliphatic carbocycles. The van der Waals surface area contributed by atoms with Gasteiger partial charge >= 0.3 is 11.9 Å². The summed E-state index contributed by atoms with van der Waals surface area (Å²) in [7, 11) is 0. The van der Waals surface area contributed by atoms with Gasteiger partial charge in [0, 0.05) is 18.2 Å². The van der Waals surface area contributed by atoms with Crippen molar-refractivity contribution in [2.24, 2.45) is 0 Å². The molecule has 0 saturated heterocycles. The molecule has 0 heterocycles. The number of nitro benzene ring substituents is 1. The lowest BCUT2D eigenvalue weighted by Gasteiger charge is -2.07. The van der Waals surface area contributed by atoms with E-state index in [1.165, 1.54) is 12.1 Å². The Kier molecular flexibility index (Phi) is 5.99. The van der Waals surface area contributed by atoms with E-state index in [0.29, 0.717) is 0 Å². The molecule has 1 aromatic carbocycles. The van der Waals surface area contributed by atoms with Crippen LogP contribution in [0, 0.1) is 10.1 Å². The van der Waals surface area contributed by atoms with Crippen LogP contribution in [-0.2, 0) is 14.3 Å². The molecule has 0 spiro atoms. The molecule has 1 rings (SSSR count). The van der Waals surface area contributed by atoms with Crippen molar-refractivity contribution >= 4 is 29.2 Å². The van der Waals surface area contributed by atoms with Crippen molar-refractivity contribution < 1.29 is 29.2 Å². The molecule has 0 aromatic heterocycles. The van der Waals surface area contributed by atoms with Crippen LogP contribution in [0.4, 0.5) is 11.4 Å². The average Bonchev–Trinajstić information content (AvgIpc) is 2.45. The maximum Gasteiger partial charge on any atom is 0.345 e. The van der Waals surface area contributed by atoms with E-state index >= 15 is 0 Å². The molecule has 0 fully saturated rings. The Labute approximate surface area is 125 Å². The fourth-order valence-corrected chi connectivity index (χ4v) is 1.59. The number of nitrogens with zero attached hydrogens (tertiary/aromatic N) is 1. The lowest BCUT2D eigenvalue weighted by Crippen LogP contribution is -2.14. The molecule has 0 aliphatic heterocycles. The molecule has 2 N–H and O–H groups in total. The molecule has 1 amide bonds. The zero-order valence-electron chi connectivity index (χ0n) is 11.7. The molecule has 0 aliphatic rings. The number of nitro groups is 1. The fourth-order valence-electron chi connectivity index (χ4n) is 1.59. The van der Waals surface area contributed by atoms with Crippen LogP contribution in [-0.4, -0.2) is 34.5 Å². The van der Waals surface area contributed by atoms with Crippen molar-refractivity contribution in [3.8, 4) is 0 Å². The van der Waals surface area contributed by atoms with Gasteiger partial charge in [0.25, 0.3) is 5.69 Å². The number of carbonyl (C=O) groups excluding carboxylic acids is 2. The van der Waals surface area contributed by atoms with Gasteiger partial charge in [0.2, 0.25) is 5.91 Å². The van der Waals surface area contributed by atoms with Crippen LogP contribution in [0.2, 0.25) is 0 Å². The SMILES string of the molecule is CCOC(=O)c1ccc(NC(=O)CCC(=O)O)cc1[N+](=O)[O-]. The zero-order valence-corrected chi connectivity index (χ0v) is 11.7. The van der Waals surface area contributed by atoms with E-state index in [2.05, 4.69) is 5.32 Å². The van der Waals surface area contributed by atoms with Crippen molar-refractivity contribution in [2.75, 3.05) is 11.9 Å². The first kappa shape index (κ1) is 17.1. The summed E-state index contributed by atoms with van der Waals surface area (Å²) in [5.41, 5.74) is -0.639. The number of benzene rings is 1. The zero-order chi connectivity index (χ0) is 16.7. The molecule has 22 heavy (non-hydrogen) atoms. The smallest absolute Gasteiger partial charge is 0.345 e. The normalized spacial score (nSPS) is 9.86. The number of rotatable bonds is 7. The topological polar surface area (TPSA) is 136 Å². The second kappa shape index (κ2) is 7.72. The van der Waals surface area contributed by atoms with Crippen molar-refractivity contribution in [3.63, 3.8) is 0 Å². The summed E-state index contributed by atoms with van der Waals surface area (Å²) < 4.78 is 4.71. The summed E-state index contributed by atoms with van der Waals surface area (Å²) in [6, 6.07) is 3.49. The van der Waals surface area contributed by atoms with Crippen LogP contribution in [0.1, 0.15) is 30.1 Å². The summed E-state index contributed by atoms with van der Waals surface area (Å²) in [6.07, 6.45) is -0.613. The number of anilines is 1. The summed E-state index contributed by atoms with van der Waals surface area (Å²) >= 11 is 0. The molecule has 0 radical (unpaired) electrons. The number of aliphatic carboxylic acids is 1. The molecule has 0 saturated carbocycles. The predicted octanol–water partition coefficient (Wildman–Crippen LogP) is 1.57. The minimum Gasteiger partial charge on any atom is -0.481 e. The minimum atomic E-state index is -1.13. The van der Waals surface area contributed by atoms with Crippen LogP contribution >= 0.6 is 0 Å². The van der Waals surface area contributed by atoms with E-state index in [0.717, 1.165) is 6.07 Å². The third-order valence-corrected chi connectivity index (χ3v) is 2.54. The summed E-state index contributed by atoms with van der Waals surface area (Å²) in [6.45, 7) is 1.64. The first-order valence-corrected chi connectivity index (χ1v) is 6.32. The Hall–Kier alpha value is -2.97. The van der Waals surface area contributed by atoms with Gasteiger partial charge in [-0.15, -0.1) is 0 Å². The third-order valence-electron chi connectivity index (χ3n) is 2.54. The van der Waals surface area contributed by atoms with E-state index in [1.54, 1.807) is 6.92 Å². The quantitative estimate of drug-likeness (QED) is 0.443. The van der Waals surface area contributed by atoms with E-state index in [4.69, 9.17) is 9.84 Å². The van der Waals surface area contributed by atoms with Gasteiger partial charge in [-0.1, -0.05) is 0 Å². The molecular formula is C13H14N2O7. The number of hydrogen-bond acceptors (Lipinski definition) is 6. The standard InChI is InChI=1S/C13H14N2O7/c1-2-22-13(19)9-4-3-8(7-10(9)15(20)21)14-11(16)5-6-12(17)18/h3-4,7H,2,5-6H2,1H3,(H,14,16)(H,17,18). The Balaban J connectivity index is 2.93. The maximum atomic E-state index is 11.6. The number of nitrogens with one attached hydrogen (secondary N) is 1. The molecule has 0 unspecified atom stereocenters. The molecule has 1 aromatic rings. The van der Waals surface area contributed by atoms with Crippen molar-refractivity contribution in [3.05, 3.63) is 33.9 Å². The summed E-state index contributed by atoms with van der Waals surface area (Å²) in [5.74, 6) is -2.56. The lowest BCUT2D eigenvalue weighted by molar-refractivity contribution is -0.385. The number of ether oxygens (including phenoxy) is 1. The van der Waals surface area contributed by atoms with Crippen LogP contribution < -0.4 is 5.32 Å². The highest BCUT2D eigenvalue weighted by Crippen LogP contribution is 2.24. The van der Waals surface area contributed by atoms with Gasteiger partial charge < -0.3 is 15.2 Å². The monoisotopic (exact) mass is 310 g/mol. The molecule has 9 nitrogen and oxygen atoms in total. The second-order valence-electron chi connectivity index (χ2n) is 4.15. The number of carboxylic acids is 1.